The van der Waals surface area contributed by atoms with Gasteiger partial charge in [-0.25, -0.2) is 4.98 Å². The van der Waals surface area contributed by atoms with Gasteiger partial charge in [-0.2, -0.15) is 5.26 Å². The van der Waals surface area contributed by atoms with Crippen molar-refractivity contribution in [2.75, 3.05) is 12.9 Å². The molecule has 1 aromatic heterocycles. The predicted octanol–water partition coefficient (Wildman–Crippen LogP) is 5.55. The van der Waals surface area contributed by atoms with E-state index < -0.39 is 5.56 Å². The number of nitriles is 1. The summed E-state index contributed by atoms with van der Waals surface area (Å²) in [5, 5.41) is 9.78. The number of thioether (sulfide) groups is 1. The normalized spacial score (nSPS) is 10.6. The molecule has 0 aliphatic heterocycles. The number of hydrogen-bond donors (Lipinski definition) is 1. The number of rotatable bonds is 12. The molecule has 0 fully saturated rings. The molecule has 0 aliphatic rings. The molecule has 0 radical (unpaired) electrons. The molecule has 1 aromatic carbocycles. The summed E-state index contributed by atoms with van der Waals surface area (Å²) in [4.78, 5) is 19.0. The maximum Gasteiger partial charge on any atom is 0.270 e. The number of aromatic amines is 1. The minimum Gasteiger partial charge on any atom is -0.494 e. The lowest BCUT2D eigenvalue weighted by Crippen LogP contribution is -2.14. The third-order valence-corrected chi connectivity index (χ3v) is 5.18. The molecule has 0 saturated heterocycles. The Kier molecular flexibility index (Phi) is 9.64. The first-order valence-corrected chi connectivity index (χ1v) is 11.2. The summed E-state index contributed by atoms with van der Waals surface area (Å²) in [6.07, 6.45) is 12.0. The van der Waals surface area contributed by atoms with Gasteiger partial charge >= 0.3 is 0 Å². The Balaban J connectivity index is 1.85. The van der Waals surface area contributed by atoms with Crippen LogP contribution in [0.15, 0.2) is 34.2 Å². The van der Waals surface area contributed by atoms with Crippen molar-refractivity contribution >= 4 is 11.8 Å². The van der Waals surface area contributed by atoms with Crippen LogP contribution < -0.4 is 10.3 Å². The largest absolute Gasteiger partial charge is 0.494 e. The lowest BCUT2D eigenvalue weighted by Gasteiger charge is -2.08. The van der Waals surface area contributed by atoms with Crippen LogP contribution in [-0.2, 0) is 0 Å². The number of nitrogens with one attached hydrogen (secondary N) is 1. The molecule has 0 aliphatic carbocycles. The van der Waals surface area contributed by atoms with E-state index >= 15 is 0 Å². The fourth-order valence-electron chi connectivity index (χ4n) is 3.00. The minimum absolute atomic E-state index is 0.0328. The van der Waals surface area contributed by atoms with Gasteiger partial charge in [-0.15, -0.1) is 0 Å². The number of nitrogens with zero attached hydrogens (tertiary/aromatic N) is 2. The average molecular weight is 400 g/mol. The molecule has 0 unspecified atom stereocenters. The van der Waals surface area contributed by atoms with Gasteiger partial charge in [0.1, 0.15) is 17.4 Å². The maximum atomic E-state index is 12.0. The van der Waals surface area contributed by atoms with Crippen LogP contribution in [0.5, 0.6) is 5.75 Å². The predicted molar refractivity (Wildman–Crippen MR) is 115 cm³/mol. The smallest absolute Gasteiger partial charge is 0.270 e. The lowest BCUT2D eigenvalue weighted by atomic mass is 10.1. The van der Waals surface area contributed by atoms with E-state index in [0.717, 1.165) is 17.7 Å². The van der Waals surface area contributed by atoms with Crippen molar-refractivity contribution in [3.05, 3.63) is 40.2 Å². The lowest BCUT2D eigenvalue weighted by molar-refractivity contribution is 0.304. The van der Waals surface area contributed by atoms with Crippen LogP contribution in [-0.4, -0.2) is 22.8 Å². The zero-order chi connectivity index (χ0) is 20.2. The maximum absolute atomic E-state index is 12.0. The van der Waals surface area contributed by atoms with Gasteiger partial charge in [0.25, 0.3) is 5.56 Å². The molecule has 1 heterocycles. The third-order valence-electron chi connectivity index (χ3n) is 4.60. The zero-order valence-corrected chi connectivity index (χ0v) is 17.6. The van der Waals surface area contributed by atoms with Crippen LogP contribution in [0.3, 0.4) is 0 Å². The van der Waals surface area contributed by atoms with Crippen molar-refractivity contribution in [1.82, 2.24) is 9.97 Å². The van der Waals surface area contributed by atoms with Gasteiger partial charge < -0.3 is 9.72 Å². The van der Waals surface area contributed by atoms with Crippen molar-refractivity contribution < 1.29 is 4.74 Å². The van der Waals surface area contributed by atoms with E-state index in [2.05, 4.69) is 16.9 Å². The summed E-state index contributed by atoms with van der Waals surface area (Å²) in [5.41, 5.74) is 0.764. The number of H-pyrrole nitrogens is 1. The number of benzene rings is 1. The third kappa shape index (κ3) is 6.72. The quantitative estimate of drug-likeness (QED) is 0.287. The second-order valence-electron chi connectivity index (χ2n) is 6.76. The van der Waals surface area contributed by atoms with E-state index in [1.54, 1.807) is 0 Å². The van der Waals surface area contributed by atoms with E-state index in [0.29, 0.717) is 17.5 Å². The Morgan fingerprint density at radius 2 is 1.71 bits per heavy atom. The van der Waals surface area contributed by atoms with Crippen LogP contribution in [0.2, 0.25) is 0 Å². The Bertz CT molecular complexity index is 825. The van der Waals surface area contributed by atoms with Gasteiger partial charge in [0.2, 0.25) is 0 Å². The standard InChI is InChI=1S/C22H29N3O2S/c1-3-4-5-6-7-8-9-10-15-27-18-13-11-17(12-14-18)20-19(16-23)21(26)25-22(24-20)28-2/h11-14H,3-10,15H2,1-2H3,(H,24,25,26). The number of hydrogen-bond acceptors (Lipinski definition) is 5. The first-order chi connectivity index (χ1) is 13.7. The van der Waals surface area contributed by atoms with E-state index in [1.165, 1.54) is 56.7 Å². The van der Waals surface area contributed by atoms with E-state index in [4.69, 9.17) is 4.74 Å². The summed E-state index contributed by atoms with van der Waals surface area (Å²) < 4.78 is 5.81. The first kappa shape index (κ1) is 22.0. The number of ether oxygens (including phenoxy) is 1. The highest BCUT2D eigenvalue weighted by Crippen LogP contribution is 2.24. The van der Waals surface area contributed by atoms with E-state index in [-0.39, 0.29) is 5.56 Å². The molecule has 5 nitrogen and oxygen atoms in total. The van der Waals surface area contributed by atoms with Crippen LogP contribution in [0.4, 0.5) is 0 Å². The average Bonchev–Trinajstić information content (AvgIpc) is 2.72. The van der Waals surface area contributed by atoms with Crippen molar-refractivity contribution in [3.63, 3.8) is 0 Å². The summed E-state index contributed by atoms with van der Waals surface area (Å²) >= 11 is 1.34. The zero-order valence-electron chi connectivity index (χ0n) is 16.8. The van der Waals surface area contributed by atoms with Crippen molar-refractivity contribution in [3.8, 4) is 23.1 Å². The topological polar surface area (TPSA) is 78.8 Å². The number of unbranched alkanes of at least 4 members (excludes halogenated alkanes) is 7. The molecule has 0 saturated carbocycles. The van der Waals surface area contributed by atoms with Crippen molar-refractivity contribution in [2.45, 2.75) is 63.4 Å². The van der Waals surface area contributed by atoms with E-state index in [1.807, 2.05) is 36.6 Å². The minimum atomic E-state index is -0.410. The molecule has 0 atom stereocenters. The highest BCUT2D eigenvalue weighted by Gasteiger charge is 2.13. The molecule has 1 N–H and O–H groups in total. The van der Waals surface area contributed by atoms with Crippen LogP contribution in [0, 0.1) is 11.3 Å². The Hall–Kier alpha value is -2.26. The Labute approximate surface area is 171 Å². The molecular weight excluding hydrogens is 370 g/mol. The second-order valence-corrected chi connectivity index (χ2v) is 7.55. The summed E-state index contributed by atoms with van der Waals surface area (Å²) in [6, 6.07) is 9.37. The van der Waals surface area contributed by atoms with Gasteiger partial charge in [0, 0.05) is 5.56 Å². The summed E-state index contributed by atoms with van der Waals surface area (Å²) in [6.45, 7) is 2.95. The Morgan fingerprint density at radius 1 is 1.07 bits per heavy atom. The number of aromatic nitrogens is 2. The van der Waals surface area contributed by atoms with Crippen LogP contribution >= 0.6 is 11.8 Å². The van der Waals surface area contributed by atoms with Gasteiger partial charge in [0.05, 0.1) is 12.3 Å². The molecular formula is C22H29N3O2S. The van der Waals surface area contributed by atoms with Gasteiger partial charge in [0.15, 0.2) is 5.16 Å². The van der Waals surface area contributed by atoms with Crippen LogP contribution in [0.25, 0.3) is 11.3 Å². The molecule has 0 spiro atoms. The first-order valence-electron chi connectivity index (χ1n) is 10.0. The highest BCUT2D eigenvalue weighted by molar-refractivity contribution is 7.98. The molecule has 2 aromatic rings. The fourth-order valence-corrected chi connectivity index (χ4v) is 3.37. The molecule has 6 heteroatoms. The van der Waals surface area contributed by atoms with Crippen LogP contribution in [0.1, 0.15) is 63.9 Å². The van der Waals surface area contributed by atoms with Gasteiger partial charge in [-0.1, -0.05) is 63.6 Å². The molecule has 0 amide bonds. The molecule has 28 heavy (non-hydrogen) atoms. The Morgan fingerprint density at radius 3 is 2.32 bits per heavy atom. The monoisotopic (exact) mass is 399 g/mol. The van der Waals surface area contributed by atoms with Crippen molar-refractivity contribution in [2.24, 2.45) is 0 Å². The SMILES string of the molecule is CCCCCCCCCCOc1ccc(-c2nc(SC)[nH]c(=O)c2C#N)cc1. The highest BCUT2D eigenvalue weighted by atomic mass is 32.2. The summed E-state index contributed by atoms with van der Waals surface area (Å²) in [5.74, 6) is 0.792. The molecule has 150 valence electrons. The summed E-state index contributed by atoms with van der Waals surface area (Å²) in [7, 11) is 0. The van der Waals surface area contributed by atoms with E-state index in [9.17, 15) is 10.1 Å². The van der Waals surface area contributed by atoms with Gasteiger partial charge in [-0.3, -0.25) is 4.79 Å². The van der Waals surface area contributed by atoms with Crippen molar-refractivity contribution in [1.29, 1.82) is 5.26 Å². The molecule has 2 rings (SSSR count). The fraction of sp³-hybridized carbons (Fsp3) is 0.500. The second kappa shape index (κ2) is 12.2. The molecule has 0 bridgehead atoms. The van der Waals surface area contributed by atoms with Gasteiger partial charge in [-0.05, 0) is 36.9 Å².